The molecule has 0 spiro atoms. The minimum absolute atomic E-state index is 0.175. The van der Waals surface area contributed by atoms with Gasteiger partial charge in [0.2, 0.25) is 0 Å². The van der Waals surface area contributed by atoms with Gasteiger partial charge in [-0.1, -0.05) is 24.3 Å². The van der Waals surface area contributed by atoms with Crippen molar-refractivity contribution in [2.24, 2.45) is 0 Å². The SMILES string of the molecule is CN(C)CCn1c(=O)c2c3cc(CS(=O)(=O)CCO)ccc3c3[nH]c4ccccc4oc3c2c1=O. The first-order chi connectivity index (χ1) is 16.7. The van der Waals surface area contributed by atoms with Crippen LogP contribution in [0.5, 0.6) is 0 Å². The van der Waals surface area contributed by atoms with Crippen LogP contribution in [0.2, 0.25) is 0 Å². The fraction of sp³-hybridized carbons (Fsp3) is 0.280. The molecular formula is C25H25N3O6S. The highest BCUT2D eigenvalue weighted by Crippen LogP contribution is 2.34. The van der Waals surface area contributed by atoms with Crippen molar-refractivity contribution in [1.29, 1.82) is 0 Å². The number of aromatic amines is 1. The first-order valence-corrected chi connectivity index (χ1v) is 13.0. The van der Waals surface area contributed by atoms with E-state index in [0.29, 0.717) is 34.0 Å². The molecule has 0 aliphatic carbocycles. The topological polar surface area (TPSA) is 126 Å². The maximum absolute atomic E-state index is 13.5. The fourth-order valence-corrected chi connectivity index (χ4v) is 5.60. The molecule has 0 aliphatic heterocycles. The van der Waals surface area contributed by atoms with E-state index < -0.39 is 27.6 Å². The molecule has 0 fully saturated rings. The lowest BCUT2D eigenvalue weighted by atomic mass is 10.0. The van der Waals surface area contributed by atoms with Crippen molar-refractivity contribution in [3.05, 3.63) is 68.7 Å². The summed E-state index contributed by atoms with van der Waals surface area (Å²) < 4.78 is 32.0. The Hall–Kier alpha value is -3.47. The molecule has 2 aromatic heterocycles. The number of nitrogens with zero attached hydrogens (tertiary/aromatic N) is 2. The summed E-state index contributed by atoms with van der Waals surface area (Å²) in [5.41, 5.74) is 1.70. The van der Waals surface area contributed by atoms with E-state index >= 15 is 0 Å². The van der Waals surface area contributed by atoms with Gasteiger partial charge in [-0.25, -0.2) is 8.42 Å². The third-order valence-corrected chi connectivity index (χ3v) is 7.74. The summed E-state index contributed by atoms with van der Waals surface area (Å²) in [6.07, 6.45) is 0. The first-order valence-electron chi connectivity index (χ1n) is 11.2. The summed E-state index contributed by atoms with van der Waals surface area (Å²) in [5, 5.41) is 10.6. The zero-order chi connectivity index (χ0) is 24.9. The molecule has 0 atom stereocenters. The van der Waals surface area contributed by atoms with Crippen LogP contribution >= 0.6 is 0 Å². The molecule has 0 radical (unpaired) electrons. The number of para-hydroxylation sites is 2. The van der Waals surface area contributed by atoms with E-state index in [2.05, 4.69) is 4.98 Å². The molecule has 0 bridgehead atoms. The van der Waals surface area contributed by atoms with E-state index in [1.165, 1.54) is 4.57 Å². The number of aromatic nitrogens is 2. The Morgan fingerprint density at radius 2 is 1.77 bits per heavy atom. The van der Waals surface area contributed by atoms with Crippen molar-refractivity contribution in [3.8, 4) is 0 Å². The molecule has 35 heavy (non-hydrogen) atoms. The number of hydrogen-bond acceptors (Lipinski definition) is 7. The van der Waals surface area contributed by atoms with Crippen LogP contribution in [-0.2, 0) is 22.1 Å². The number of nitrogens with one attached hydrogen (secondary N) is 1. The van der Waals surface area contributed by atoms with Gasteiger partial charge in [0.25, 0.3) is 11.1 Å². The lowest BCUT2D eigenvalue weighted by Crippen LogP contribution is -2.30. The predicted octanol–water partition coefficient (Wildman–Crippen LogP) is 2.21. The van der Waals surface area contributed by atoms with Crippen LogP contribution in [0.25, 0.3) is 43.7 Å². The van der Waals surface area contributed by atoms with Crippen molar-refractivity contribution in [2.45, 2.75) is 12.3 Å². The number of H-pyrrole nitrogens is 1. The van der Waals surface area contributed by atoms with Crippen molar-refractivity contribution in [3.63, 3.8) is 0 Å². The molecule has 0 aliphatic rings. The maximum atomic E-state index is 13.5. The summed E-state index contributed by atoms with van der Waals surface area (Å²) in [7, 11) is 0.183. The van der Waals surface area contributed by atoms with E-state index in [1.54, 1.807) is 24.3 Å². The average Bonchev–Trinajstić information content (AvgIpc) is 3.06. The van der Waals surface area contributed by atoms with Crippen molar-refractivity contribution in [2.75, 3.05) is 33.0 Å². The molecule has 9 nitrogen and oxygen atoms in total. The highest BCUT2D eigenvalue weighted by molar-refractivity contribution is 7.90. The van der Waals surface area contributed by atoms with E-state index in [-0.39, 0.29) is 34.4 Å². The van der Waals surface area contributed by atoms with Crippen LogP contribution in [0.3, 0.4) is 0 Å². The lowest BCUT2D eigenvalue weighted by Gasteiger charge is -2.10. The second-order valence-electron chi connectivity index (χ2n) is 8.94. The van der Waals surface area contributed by atoms with Crippen LogP contribution in [0.1, 0.15) is 5.56 Å². The van der Waals surface area contributed by atoms with Crippen LogP contribution in [0.4, 0.5) is 0 Å². The fourth-order valence-electron chi connectivity index (χ4n) is 4.49. The minimum atomic E-state index is -3.54. The van der Waals surface area contributed by atoms with Gasteiger partial charge >= 0.3 is 0 Å². The van der Waals surface area contributed by atoms with Gasteiger partial charge in [0.15, 0.2) is 21.0 Å². The molecule has 3 aromatic carbocycles. The van der Waals surface area contributed by atoms with Gasteiger partial charge in [-0.15, -0.1) is 0 Å². The number of fused-ring (bicyclic) bond motifs is 7. The number of aliphatic hydroxyl groups excluding tert-OH is 1. The second kappa shape index (κ2) is 8.63. The predicted molar refractivity (Wildman–Crippen MR) is 137 cm³/mol. The maximum Gasteiger partial charge on any atom is 0.265 e. The highest BCUT2D eigenvalue weighted by Gasteiger charge is 2.23. The quantitative estimate of drug-likeness (QED) is 0.262. The number of likely N-dealkylation sites (N-methyl/N-ethyl adjacent to an activating group) is 1. The summed E-state index contributed by atoms with van der Waals surface area (Å²) >= 11 is 0. The Morgan fingerprint density at radius 3 is 2.51 bits per heavy atom. The van der Waals surface area contributed by atoms with E-state index in [4.69, 9.17) is 9.52 Å². The van der Waals surface area contributed by atoms with Crippen LogP contribution in [0.15, 0.2) is 56.5 Å². The van der Waals surface area contributed by atoms with Crippen LogP contribution in [0, 0.1) is 0 Å². The minimum Gasteiger partial charge on any atom is -0.452 e. The summed E-state index contributed by atoms with van der Waals surface area (Å²) in [4.78, 5) is 32.2. The van der Waals surface area contributed by atoms with Crippen molar-refractivity contribution in [1.82, 2.24) is 14.5 Å². The van der Waals surface area contributed by atoms with Gasteiger partial charge in [0.1, 0.15) is 0 Å². The standard InChI is InChI=1S/C25H25N3O6S/c1-27(2)9-10-28-24(30)20-17-13-15(14-35(32,33)12-11-29)7-8-16(17)22-23(21(20)25(28)31)34-19-6-4-3-5-18(19)26-22/h3-8,13,26,29H,9-12,14H2,1-2H3. The number of rotatable bonds is 7. The second-order valence-corrected chi connectivity index (χ2v) is 11.1. The lowest BCUT2D eigenvalue weighted by molar-refractivity contribution is 0.319. The van der Waals surface area contributed by atoms with Gasteiger partial charge in [-0.3, -0.25) is 14.2 Å². The van der Waals surface area contributed by atoms with Crippen LogP contribution in [-0.4, -0.2) is 61.0 Å². The van der Waals surface area contributed by atoms with E-state index in [1.807, 2.05) is 37.2 Å². The summed E-state index contributed by atoms with van der Waals surface area (Å²) in [6, 6.07) is 12.4. The molecule has 5 rings (SSSR count). The average molecular weight is 496 g/mol. The van der Waals surface area contributed by atoms with Gasteiger partial charge < -0.3 is 19.4 Å². The first kappa shape index (κ1) is 23.3. The van der Waals surface area contributed by atoms with Gasteiger partial charge in [0.05, 0.1) is 39.9 Å². The number of aliphatic hydroxyl groups is 1. The third kappa shape index (κ3) is 4.03. The smallest absolute Gasteiger partial charge is 0.265 e. The largest absolute Gasteiger partial charge is 0.452 e. The van der Waals surface area contributed by atoms with Gasteiger partial charge in [0, 0.05) is 18.5 Å². The monoisotopic (exact) mass is 495 g/mol. The van der Waals surface area contributed by atoms with E-state index in [9.17, 15) is 18.0 Å². The third-order valence-electron chi connectivity index (χ3n) is 6.16. The molecule has 2 N–H and O–H groups in total. The molecule has 0 saturated carbocycles. The number of hydrogen-bond donors (Lipinski definition) is 2. The molecule has 0 amide bonds. The molecule has 2 heterocycles. The molecule has 0 unspecified atom stereocenters. The highest BCUT2D eigenvalue weighted by atomic mass is 32.2. The zero-order valence-corrected chi connectivity index (χ0v) is 20.2. The normalized spacial score (nSPS) is 12.6. The molecule has 182 valence electrons. The Labute approximate surface area is 200 Å². The zero-order valence-electron chi connectivity index (χ0n) is 19.4. The Morgan fingerprint density at radius 1 is 1.03 bits per heavy atom. The number of sulfone groups is 1. The molecular weight excluding hydrogens is 470 g/mol. The van der Waals surface area contributed by atoms with Gasteiger partial charge in [-0.2, -0.15) is 0 Å². The van der Waals surface area contributed by atoms with Crippen LogP contribution < -0.4 is 11.1 Å². The summed E-state index contributed by atoms with van der Waals surface area (Å²) in [6.45, 7) is 0.246. The van der Waals surface area contributed by atoms with E-state index in [0.717, 1.165) is 5.52 Å². The Kier molecular flexibility index (Phi) is 5.74. The van der Waals surface area contributed by atoms with Crippen molar-refractivity contribution >= 4 is 53.6 Å². The molecule has 0 saturated heterocycles. The number of benzene rings is 3. The molecule has 5 aromatic rings. The Bertz CT molecular complexity index is 1830. The summed E-state index contributed by atoms with van der Waals surface area (Å²) in [5.74, 6) is -0.635. The molecule has 10 heteroatoms. The Balaban J connectivity index is 1.90. The van der Waals surface area contributed by atoms with Crippen molar-refractivity contribution < 1.29 is 17.9 Å². The van der Waals surface area contributed by atoms with Gasteiger partial charge in [-0.05, 0) is 43.2 Å².